The van der Waals surface area contributed by atoms with Gasteiger partial charge in [0.25, 0.3) is 0 Å². The minimum atomic E-state index is -0.187. The van der Waals surface area contributed by atoms with Crippen LogP contribution in [-0.2, 0) is 0 Å². The van der Waals surface area contributed by atoms with Crippen LogP contribution in [0.3, 0.4) is 0 Å². The SMILES string of the molecule is Cc1ccc(OC[C@@H](C)[C@H]2CCC3=C4C=C[C@H]5C(C)(C)[C@@H](O)CC[C@]5(C)[C@H]4CC[C@@]32C)cc1. The van der Waals surface area contributed by atoms with Crippen molar-refractivity contribution in [1.29, 1.82) is 0 Å². The van der Waals surface area contributed by atoms with Gasteiger partial charge in [-0.2, -0.15) is 0 Å². The van der Waals surface area contributed by atoms with Crippen molar-refractivity contribution in [3.8, 4) is 5.75 Å². The Morgan fingerprint density at radius 2 is 1.76 bits per heavy atom. The van der Waals surface area contributed by atoms with Gasteiger partial charge in [-0.25, -0.2) is 0 Å². The van der Waals surface area contributed by atoms with Crippen molar-refractivity contribution in [1.82, 2.24) is 0 Å². The van der Waals surface area contributed by atoms with Crippen LogP contribution in [-0.4, -0.2) is 17.8 Å². The van der Waals surface area contributed by atoms with E-state index in [2.05, 4.69) is 78.0 Å². The van der Waals surface area contributed by atoms with Crippen LogP contribution < -0.4 is 4.74 Å². The van der Waals surface area contributed by atoms with E-state index in [0.29, 0.717) is 29.1 Å². The van der Waals surface area contributed by atoms with Crippen LogP contribution in [0, 0.1) is 46.8 Å². The molecule has 0 spiro atoms. The van der Waals surface area contributed by atoms with Crippen LogP contribution in [0.25, 0.3) is 0 Å². The number of allylic oxidation sites excluding steroid dienone is 4. The summed E-state index contributed by atoms with van der Waals surface area (Å²) in [5.74, 6) is 3.35. The monoisotopic (exact) mass is 448 g/mol. The van der Waals surface area contributed by atoms with Gasteiger partial charge in [0.1, 0.15) is 5.75 Å². The van der Waals surface area contributed by atoms with E-state index in [-0.39, 0.29) is 16.9 Å². The van der Waals surface area contributed by atoms with E-state index in [1.807, 2.05) is 0 Å². The van der Waals surface area contributed by atoms with Crippen LogP contribution in [0.2, 0.25) is 0 Å². The van der Waals surface area contributed by atoms with Crippen molar-refractivity contribution in [3.63, 3.8) is 0 Å². The van der Waals surface area contributed by atoms with Crippen LogP contribution >= 0.6 is 0 Å². The van der Waals surface area contributed by atoms with Crippen molar-refractivity contribution in [2.75, 3.05) is 6.61 Å². The average molecular weight is 449 g/mol. The molecule has 0 unspecified atom stereocenters. The molecule has 33 heavy (non-hydrogen) atoms. The molecule has 0 aliphatic heterocycles. The molecule has 0 bridgehead atoms. The summed E-state index contributed by atoms with van der Waals surface area (Å²) in [7, 11) is 0. The Kier molecular flexibility index (Phi) is 5.63. The van der Waals surface area contributed by atoms with Crippen LogP contribution in [0.5, 0.6) is 5.75 Å². The molecule has 1 N–H and O–H groups in total. The van der Waals surface area contributed by atoms with Crippen molar-refractivity contribution in [2.24, 2.45) is 39.9 Å². The molecule has 4 aliphatic rings. The van der Waals surface area contributed by atoms with Crippen molar-refractivity contribution < 1.29 is 9.84 Å². The van der Waals surface area contributed by atoms with Gasteiger partial charge in [0.2, 0.25) is 0 Å². The molecule has 2 saturated carbocycles. The van der Waals surface area contributed by atoms with Crippen molar-refractivity contribution >= 4 is 0 Å². The summed E-state index contributed by atoms with van der Waals surface area (Å²) in [6.45, 7) is 15.0. The van der Waals surface area contributed by atoms with Crippen LogP contribution in [0.15, 0.2) is 47.6 Å². The first kappa shape index (κ1) is 23.2. The van der Waals surface area contributed by atoms with E-state index < -0.39 is 0 Å². The average Bonchev–Trinajstić information content (AvgIpc) is 3.13. The molecular weight excluding hydrogens is 404 g/mol. The Hall–Kier alpha value is -1.54. The Morgan fingerprint density at radius 1 is 1.03 bits per heavy atom. The summed E-state index contributed by atoms with van der Waals surface area (Å²) in [5, 5.41) is 10.8. The summed E-state index contributed by atoms with van der Waals surface area (Å²) in [4.78, 5) is 0. The van der Waals surface area contributed by atoms with Gasteiger partial charge in [-0.05, 0) is 103 Å². The standard InChI is InChI=1S/C31H44O2/c1-20-7-9-22(10-8-20)33-19-21(2)24-12-13-25-23-11-14-27-29(3,4)28(32)16-18-31(27,6)26(23)15-17-30(24,25)5/h7-11,14,21,24,26-28,32H,12-13,15-19H2,1-6H3/t21-,24-,26+,27+,28+,30-,31-/m1/s1. The van der Waals surface area contributed by atoms with E-state index in [4.69, 9.17) is 4.74 Å². The van der Waals surface area contributed by atoms with Gasteiger partial charge in [0.15, 0.2) is 0 Å². The van der Waals surface area contributed by atoms with Crippen molar-refractivity contribution in [3.05, 3.63) is 53.1 Å². The third kappa shape index (κ3) is 3.54. The molecule has 1 aromatic carbocycles. The lowest BCUT2D eigenvalue weighted by molar-refractivity contribution is -0.0977. The molecule has 2 fully saturated rings. The Morgan fingerprint density at radius 3 is 2.48 bits per heavy atom. The number of aliphatic hydroxyl groups excluding tert-OH is 1. The molecule has 0 radical (unpaired) electrons. The summed E-state index contributed by atoms with van der Waals surface area (Å²) in [6, 6.07) is 8.47. The Balaban J connectivity index is 1.39. The van der Waals surface area contributed by atoms with E-state index in [9.17, 15) is 5.11 Å². The number of hydrogen-bond acceptors (Lipinski definition) is 2. The van der Waals surface area contributed by atoms with Gasteiger partial charge in [0, 0.05) is 0 Å². The van der Waals surface area contributed by atoms with Gasteiger partial charge >= 0.3 is 0 Å². The molecule has 4 aliphatic carbocycles. The van der Waals surface area contributed by atoms with Crippen LogP contribution in [0.4, 0.5) is 0 Å². The minimum Gasteiger partial charge on any atom is -0.493 e. The molecule has 0 amide bonds. The molecule has 180 valence electrons. The van der Waals surface area contributed by atoms with E-state index >= 15 is 0 Å². The Bertz CT molecular complexity index is 954. The zero-order chi connectivity index (χ0) is 23.6. The van der Waals surface area contributed by atoms with Crippen molar-refractivity contribution in [2.45, 2.75) is 86.2 Å². The largest absolute Gasteiger partial charge is 0.493 e. The van der Waals surface area contributed by atoms with E-state index in [1.54, 1.807) is 11.1 Å². The van der Waals surface area contributed by atoms with Gasteiger partial charge in [0.05, 0.1) is 12.7 Å². The predicted molar refractivity (Wildman–Crippen MR) is 136 cm³/mol. The molecular formula is C31H44O2. The fourth-order valence-electron chi connectivity index (χ4n) is 8.63. The number of benzene rings is 1. The zero-order valence-electron chi connectivity index (χ0n) is 21.7. The number of rotatable bonds is 4. The molecule has 7 atom stereocenters. The normalized spacial score (nSPS) is 40.1. The number of hydrogen-bond donors (Lipinski definition) is 1. The highest BCUT2D eigenvalue weighted by Gasteiger charge is 2.58. The zero-order valence-corrected chi connectivity index (χ0v) is 21.7. The summed E-state index contributed by atoms with van der Waals surface area (Å²) >= 11 is 0. The fraction of sp³-hybridized carbons (Fsp3) is 0.677. The number of aryl methyl sites for hydroxylation is 1. The second-order valence-electron chi connectivity index (χ2n) is 12.9. The third-order valence-corrected chi connectivity index (χ3v) is 10.7. The highest BCUT2D eigenvalue weighted by Crippen LogP contribution is 2.66. The highest BCUT2D eigenvalue weighted by atomic mass is 16.5. The lowest BCUT2D eigenvalue weighted by Crippen LogP contribution is -2.54. The molecule has 1 aromatic rings. The summed E-state index contributed by atoms with van der Waals surface area (Å²) in [6.07, 6.45) is 12.0. The lowest BCUT2D eigenvalue weighted by atomic mass is 9.46. The van der Waals surface area contributed by atoms with Gasteiger partial charge in [-0.3, -0.25) is 0 Å². The smallest absolute Gasteiger partial charge is 0.119 e. The van der Waals surface area contributed by atoms with Crippen LogP contribution in [0.1, 0.15) is 78.7 Å². The third-order valence-electron chi connectivity index (χ3n) is 10.7. The molecule has 2 nitrogen and oxygen atoms in total. The second kappa shape index (κ2) is 8.01. The molecule has 0 aromatic heterocycles. The maximum Gasteiger partial charge on any atom is 0.119 e. The predicted octanol–water partition coefficient (Wildman–Crippen LogP) is 7.51. The van der Waals surface area contributed by atoms with E-state index in [1.165, 1.54) is 31.2 Å². The molecule has 0 saturated heterocycles. The maximum absolute atomic E-state index is 10.8. The lowest BCUT2D eigenvalue weighted by Gasteiger charge is -2.59. The van der Waals surface area contributed by atoms with Gasteiger partial charge in [-0.1, -0.05) is 70.0 Å². The Labute approximate surface area is 201 Å². The maximum atomic E-state index is 10.8. The van der Waals surface area contributed by atoms with E-state index in [0.717, 1.165) is 25.2 Å². The number of fused-ring (bicyclic) bond motifs is 4. The highest BCUT2D eigenvalue weighted by molar-refractivity contribution is 5.42. The first-order chi connectivity index (χ1) is 15.6. The first-order valence-electron chi connectivity index (χ1n) is 13.4. The first-order valence-corrected chi connectivity index (χ1v) is 13.4. The molecule has 2 heteroatoms. The fourth-order valence-corrected chi connectivity index (χ4v) is 8.63. The second-order valence-corrected chi connectivity index (χ2v) is 12.9. The quantitative estimate of drug-likeness (QED) is 0.516. The van der Waals surface area contributed by atoms with Gasteiger partial charge < -0.3 is 9.84 Å². The van der Waals surface area contributed by atoms with Gasteiger partial charge in [-0.15, -0.1) is 0 Å². The minimum absolute atomic E-state index is 0.0412. The number of aliphatic hydroxyl groups is 1. The molecule has 5 rings (SSSR count). The summed E-state index contributed by atoms with van der Waals surface area (Å²) < 4.78 is 6.23. The topological polar surface area (TPSA) is 29.5 Å². The number of ether oxygens (including phenoxy) is 1. The summed E-state index contributed by atoms with van der Waals surface area (Å²) in [5.41, 5.74) is 5.24. The molecule has 0 heterocycles.